The Bertz CT molecular complexity index is 303. The van der Waals surface area contributed by atoms with Gasteiger partial charge in [0.15, 0.2) is 9.84 Å². The highest BCUT2D eigenvalue weighted by molar-refractivity contribution is 7.92. The molecule has 1 amide bonds. The molecule has 0 saturated carbocycles. The molecule has 14 heavy (non-hydrogen) atoms. The standard InChI is InChI=1S/C8H18N2O3S/c1-6(14(4,12)13)7(11)10-5-8(2,3)9/h6H,5,9H2,1-4H3,(H,10,11). The summed E-state index contributed by atoms with van der Waals surface area (Å²) >= 11 is 0. The molecule has 1 unspecified atom stereocenters. The number of nitrogens with one attached hydrogen (secondary N) is 1. The van der Waals surface area contributed by atoms with Gasteiger partial charge in [-0.1, -0.05) is 0 Å². The molecule has 5 nitrogen and oxygen atoms in total. The fraction of sp³-hybridized carbons (Fsp3) is 0.875. The van der Waals surface area contributed by atoms with E-state index >= 15 is 0 Å². The second-order valence-corrected chi connectivity index (χ2v) is 6.54. The number of carbonyl (C=O) groups is 1. The lowest BCUT2D eigenvalue weighted by atomic mass is 10.1. The minimum absolute atomic E-state index is 0.256. The Morgan fingerprint density at radius 3 is 2.21 bits per heavy atom. The van der Waals surface area contributed by atoms with Crippen LogP contribution in [-0.2, 0) is 14.6 Å². The third kappa shape index (κ3) is 5.18. The van der Waals surface area contributed by atoms with Gasteiger partial charge in [0.25, 0.3) is 0 Å². The van der Waals surface area contributed by atoms with Gasteiger partial charge in [0.1, 0.15) is 5.25 Å². The quantitative estimate of drug-likeness (QED) is 0.656. The number of rotatable bonds is 4. The molecule has 0 aliphatic carbocycles. The summed E-state index contributed by atoms with van der Waals surface area (Å²) in [6.45, 7) is 5.11. The molecular formula is C8H18N2O3S. The van der Waals surface area contributed by atoms with E-state index in [-0.39, 0.29) is 6.54 Å². The minimum atomic E-state index is -3.32. The van der Waals surface area contributed by atoms with Gasteiger partial charge in [-0.05, 0) is 20.8 Å². The van der Waals surface area contributed by atoms with Gasteiger partial charge >= 0.3 is 0 Å². The molecule has 3 N–H and O–H groups in total. The third-order valence-electron chi connectivity index (χ3n) is 1.73. The molecule has 0 spiro atoms. The van der Waals surface area contributed by atoms with Crippen LogP contribution in [0.15, 0.2) is 0 Å². The molecule has 0 aliphatic rings. The third-order valence-corrected chi connectivity index (χ3v) is 3.23. The highest BCUT2D eigenvalue weighted by Crippen LogP contribution is 1.99. The maximum Gasteiger partial charge on any atom is 0.238 e. The molecule has 84 valence electrons. The molecule has 0 aromatic carbocycles. The number of nitrogens with two attached hydrogens (primary N) is 1. The van der Waals surface area contributed by atoms with E-state index in [0.29, 0.717) is 0 Å². The van der Waals surface area contributed by atoms with Crippen molar-refractivity contribution < 1.29 is 13.2 Å². The van der Waals surface area contributed by atoms with E-state index in [1.54, 1.807) is 13.8 Å². The van der Waals surface area contributed by atoms with Crippen molar-refractivity contribution in [3.8, 4) is 0 Å². The van der Waals surface area contributed by atoms with Gasteiger partial charge in [-0.25, -0.2) is 8.42 Å². The molecule has 0 saturated heterocycles. The maximum atomic E-state index is 11.3. The van der Waals surface area contributed by atoms with Crippen LogP contribution in [0.25, 0.3) is 0 Å². The van der Waals surface area contributed by atoms with Crippen LogP contribution < -0.4 is 11.1 Å². The Morgan fingerprint density at radius 1 is 1.50 bits per heavy atom. The SMILES string of the molecule is CC(C(=O)NCC(C)(C)N)S(C)(=O)=O. The van der Waals surface area contributed by atoms with Crippen LogP contribution in [0, 0.1) is 0 Å². The molecule has 0 radical (unpaired) electrons. The highest BCUT2D eigenvalue weighted by Gasteiger charge is 2.24. The second-order valence-electron chi connectivity index (χ2n) is 4.18. The number of hydrogen-bond acceptors (Lipinski definition) is 4. The molecule has 0 rings (SSSR count). The van der Waals surface area contributed by atoms with Crippen molar-refractivity contribution in [1.29, 1.82) is 0 Å². The summed E-state index contributed by atoms with van der Waals surface area (Å²) in [5, 5.41) is 1.46. The predicted molar refractivity (Wildman–Crippen MR) is 55.6 cm³/mol. The van der Waals surface area contributed by atoms with Crippen molar-refractivity contribution in [3.05, 3.63) is 0 Å². The first-order valence-electron chi connectivity index (χ1n) is 4.29. The molecule has 0 aromatic heterocycles. The lowest BCUT2D eigenvalue weighted by Crippen LogP contribution is -2.48. The lowest BCUT2D eigenvalue weighted by molar-refractivity contribution is -0.120. The Balaban J connectivity index is 4.25. The van der Waals surface area contributed by atoms with Crippen LogP contribution in [0.3, 0.4) is 0 Å². The fourth-order valence-corrected chi connectivity index (χ4v) is 1.13. The van der Waals surface area contributed by atoms with Crippen molar-refractivity contribution in [3.63, 3.8) is 0 Å². The zero-order valence-electron chi connectivity index (χ0n) is 8.99. The van der Waals surface area contributed by atoms with Crippen LogP contribution in [0.1, 0.15) is 20.8 Å². The smallest absolute Gasteiger partial charge is 0.238 e. The van der Waals surface area contributed by atoms with Crippen LogP contribution in [0.2, 0.25) is 0 Å². The van der Waals surface area contributed by atoms with E-state index in [0.717, 1.165) is 6.26 Å². The van der Waals surface area contributed by atoms with Gasteiger partial charge in [0.2, 0.25) is 5.91 Å². The highest BCUT2D eigenvalue weighted by atomic mass is 32.2. The Labute approximate surface area is 85.0 Å². The van der Waals surface area contributed by atoms with Crippen molar-refractivity contribution in [2.24, 2.45) is 5.73 Å². The summed E-state index contributed by atoms with van der Waals surface area (Å²) < 4.78 is 22.0. The average Bonchev–Trinajstić information content (AvgIpc) is 1.95. The topological polar surface area (TPSA) is 89.3 Å². The van der Waals surface area contributed by atoms with E-state index in [1.807, 2.05) is 0 Å². The molecular weight excluding hydrogens is 204 g/mol. The van der Waals surface area contributed by atoms with E-state index < -0.39 is 26.5 Å². The largest absolute Gasteiger partial charge is 0.353 e. The minimum Gasteiger partial charge on any atom is -0.353 e. The van der Waals surface area contributed by atoms with Gasteiger partial charge in [-0.2, -0.15) is 0 Å². The fourth-order valence-electron chi connectivity index (χ4n) is 0.653. The normalized spacial score (nSPS) is 14.9. The maximum absolute atomic E-state index is 11.3. The van der Waals surface area contributed by atoms with Crippen LogP contribution >= 0.6 is 0 Å². The molecule has 0 heterocycles. The Morgan fingerprint density at radius 2 is 1.93 bits per heavy atom. The van der Waals surface area contributed by atoms with E-state index in [4.69, 9.17) is 5.73 Å². The first-order valence-corrected chi connectivity index (χ1v) is 6.25. The lowest BCUT2D eigenvalue weighted by Gasteiger charge is -2.20. The van der Waals surface area contributed by atoms with E-state index in [2.05, 4.69) is 5.32 Å². The number of sulfone groups is 1. The van der Waals surface area contributed by atoms with Gasteiger partial charge in [0.05, 0.1) is 0 Å². The van der Waals surface area contributed by atoms with Gasteiger partial charge in [-0.15, -0.1) is 0 Å². The van der Waals surface area contributed by atoms with Crippen molar-refractivity contribution >= 4 is 15.7 Å². The monoisotopic (exact) mass is 222 g/mol. The zero-order chi connectivity index (χ0) is 11.6. The second kappa shape index (κ2) is 4.27. The van der Waals surface area contributed by atoms with Crippen molar-refractivity contribution in [2.45, 2.75) is 31.6 Å². The summed E-state index contributed by atoms with van der Waals surface area (Å²) in [4.78, 5) is 11.3. The number of hydrogen-bond donors (Lipinski definition) is 2. The molecule has 1 atom stereocenters. The molecule has 0 aliphatic heterocycles. The van der Waals surface area contributed by atoms with Crippen LogP contribution in [0.5, 0.6) is 0 Å². The predicted octanol–water partition coefficient (Wildman–Crippen LogP) is -0.727. The molecule has 0 fully saturated rings. The van der Waals surface area contributed by atoms with Gasteiger partial charge < -0.3 is 11.1 Å². The molecule has 6 heteroatoms. The van der Waals surface area contributed by atoms with Crippen LogP contribution in [0.4, 0.5) is 0 Å². The summed E-state index contributed by atoms with van der Waals surface area (Å²) in [7, 11) is -3.32. The van der Waals surface area contributed by atoms with Crippen LogP contribution in [-0.4, -0.2) is 37.9 Å². The first-order chi connectivity index (χ1) is 6.04. The zero-order valence-corrected chi connectivity index (χ0v) is 9.81. The van der Waals surface area contributed by atoms with Crippen molar-refractivity contribution in [2.75, 3.05) is 12.8 Å². The first kappa shape index (κ1) is 13.4. The average molecular weight is 222 g/mol. The molecule has 0 bridgehead atoms. The van der Waals surface area contributed by atoms with Crippen molar-refractivity contribution in [1.82, 2.24) is 5.32 Å². The Hall–Kier alpha value is -0.620. The summed E-state index contributed by atoms with van der Waals surface area (Å²) in [6.07, 6.45) is 1.03. The van der Waals surface area contributed by atoms with E-state index in [1.165, 1.54) is 6.92 Å². The number of carbonyl (C=O) groups excluding carboxylic acids is 1. The Kier molecular flexibility index (Phi) is 4.08. The molecule has 0 aromatic rings. The van der Waals surface area contributed by atoms with Gasteiger partial charge in [-0.3, -0.25) is 4.79 Å². The van der Waals surface area contributed by atoms with E-state index in [9.17, 15) is 13.2 Å². The van der Waals surface area contributed by atoms with Gasteiger partial charge in [0, 0.05) is 18.3 Å². The summed E-state index contributed by atoms with van der Waals surface area (Å²) in [5.41, 5.74) is 5.09. The number of amides is 1. The summed E-state index contributed by atoms with van der Waals surface area (Å²) in [5.74, 6) is -0.508. The summed E-state index contributed by atoms with van der Waals surface area (Å²) in [6, 6.07) is 0.